The summed E-state index contributed by atoms with van der Waals surface area (Å²) in [7, 11) is 5.37. The average molecular weight is 176 g/mol. The first kappa shape index (κ1) is 10.3. The highest BCUT2D eigenvalue weighted by atomic mass is 16.3. The lowest BCUT2D eigenvalue weighted by molar-refractivity contribution is 0.0504. The molecule has 0 aliphatic heterocycles. The van der Waals surface area contributed by atoms with E-state index in [0.717, 1.165) is 5.56 Å². The summed E-state index contributed by atoms with van der Waals surface area (Å²) < 4.78 is 0. The van der Waals surface area contributed by atoms with Gasteiger partial charge in [0.05, 0.1) is 6.61 Å². The third-order valence-corrected chi connectivity index (χ3v) is 1.96. The van der Waals surface area contributed by atoms with Gasteiger partial charge in [-0.1, -0.05) is 30.3 Å². The zero-order chi connectivity index (χ0) is 9.73. The number of aliphatic hydroxyl groups is 2. The second-order valence-electron chi connectivity index (χ2n) is 3.25. The number of rotatable bonds is 4. The summed E-state index contributed by atoms with van der Waals surface area (Å²) in [5.41, 5.74) is -0.338. The Morgan fingerprint density at radius 3 is 2.38 bits per heavy atom. The topological polar surface area (TPSA) is 40.5 Å². The highest BCUT2D eigenvalue weighted by molar-refractivity contribution is 6.14. The van der Waals surface area contributed by atoms with E-state index in [0.29, 0.717) is 12.8 Å². The third-order valence-electron chi connectivity index (χ3n) is 1.96. The summed E-state index contributed by atoms with van der Waals surface area (Å²) in [6.07, 6.45) is 1.04. The molecule has 1 aromatic rings. The molecule has 0 aliphatic carbocycles. The molecule has 0 spiro atoms. The molecule has 2 N–H and O–H groups in total. The molecule has 0 saturated heterocycles. The number of aryl methyl sites for hydroxylation is 1. The van der Waals surface area contributed by atoms with Gasteiger partial charge in [0.25, 0.3) is 0 Å². The SMILES string of the molecule is [B]C(O)(CO)CCc1ccccc1. The predicted octanol–water partition coefficient (Wildman–Crippen LogP) is 0.469. The van der Waals surface area contributed by atoms with Crippen molar-refractivity contribution in [2.24, 2.45) is 0 Å². The van der Waals surface area contributed by atoms with Crippen LogP contribution in [0.3, 0.4) is 0 Å². The summed E-state index contributed by atoms with van der Waals surface area (Å²) in [6.45, 7) is -0.403. The van der Waals surface area contributed by atoms with E-state index in [2.05, 4.69) is 0 Å². The highest BCUT2D eigenvalue weighted by Crippen LogP contribution is 2.10. The van der Waals surface area contributed by atoms with Crippen molar-refractivity contribution in [3.63, 3.8) is 0 Å². The Balaban J connectivity index is 2.44. The summed E-state index contributed by atoms with van der Waals surface area (Å²) in [4.78, 5) is 0. The van der Waals surface area contributed by atoms with E-state index < -0.39 is 12.1 Å². The molecule has 0 bridgehead atoms. The highest BCUT2D eigenvalue weighted by Gasteiger charge is 2.17. The predicted molar refractivity (Wildman–Crippen MR) is 52.6 cm³/mol. The molecule has 0 aromatic heterocycles. The molecule has 13 heavy (non-hydrogen) atoms. The van der Waals surface area contributed by atoms with Gasteiger partial charge in [0.15, 0.2) is 0 Å². The summed E-state index contributed by atoms with van der Waals surface area (Å²) >= 11 is 0. The van der Waals surface area contributed by atoms with Crippen LogP contribution >= 0.6 is 0 Å². The van der Waals surface area contributed by atoms with Crippen LogP contribution in [-0.4, -0.2) is 30.2 Å². The smallest absolute Gasteiger partial charge is 0.116 e. The minimum Gasteiger partial charge on any atom is -0.397 e. The third kappa shape index (κ3) is 3.62. The molecule has 3 heteroatoms. The molecule has 0 fully saturated rings. The molecule has 1 rings (SSSR count). The van der Waals surface area contributed by atoms with Crippen LogP contribution in [0.4, 0.5) is 0 Å². The van der Waals surface area contributed by atoms with Crippen LogP contribution in [0.15, 0.2) is 30.3 Å². The Morgan fingerprint density at radius 2 is 1.85 bits per heavy atom. The van der Waals surface area contributed by atoms with Crippen LogP contribution in [0, 0.1) is 0 Å². The van der Waals surface area contributed by atoms with Crippen LogP contribution in [0.5, 0.6) is 0 Å². The van der Waals surface area contributed by atoms with Gasteiger partial charge >= 0.3 is 0 Å². The number of hydrogen-bond acceptors (Lipinski definition) is 2. The van der Waals surface area contributed by atoms with Crippen molar-refractivity contribution < 1.29 is 10.2 Å². The molecule has 2 nitrogen and oxygen atoms in total. The van der Waals surface area contributed by atoms with Crippen molar-refractivity contribution >= 4 is 7.85 Å². The number of benzene rings is 1. The van der Waals surface area contributed by atoms with Gasteiger partial charge in [0.2, 0.25) is 0 Å². The van der Waals surface area contributed by atoms with Gasteiger partial charge in [-0.15, -0.1) is 0 Å². The van der Waals surface area contributed by atoms with Gasteiger partial charge in [-0.05, 0) is 18.4 Å². The van der Waals surface area contributed by atoms with Crippen LogP contribution in [0.25, 0.3) is 0 Å². The van der Waals surface area contributed by atoms with Crippen molar-refractivity contribution in [2.75, 3.05) is 6.61 Å². The van der Waals surface area contributed by atoms with E-state index in [9.17, 15) is 5.11 Å². The molecular formula is C10H13BO2. The van der Waals surface area contributed by atoms with Crippen molar-refractivity contribution in [1.29, 1.82) is 0 Å². The van der Waals surface area contributed by atoms with Crippen LogP contribution < -0.4 is 0 Å². The van der Waals surface area contributed by atoms with Gasteiger partial charge in [0, 0.05) is 5.50 Å². The second-order valence-corrected chi connectivity index (χ2v) is 3.25. The summed E-state index contributed by atoms with van der Waals surface area (Å²) in [5, 5.41) is 18.0. The maximum Gasteiger partial charge on any atom is 0.116 e. The van der Waals surface area contributed by atoms with Gasteiger partial charge in [-0.25, -0.2) is 0 Å². The zero-order valence-electron chi connectivity index (χ0n) is 7.48. The zero-order valence-corrected chi connectivity index (χ0v) is 7.48. The van der Waals surface area contributed by atoms with E-state index in [1.807, 2.05) is 30.3 Å². The molecule has 1 aromatic carbocycles. The maximum absolute atomic E-state index is 9.31. The Labute approximate surface area is 79.6 Å². The van der Waals surface area contributed by atoms with Crippen molar-refractivity contribution in [3.05, 3.63) is 35.9 Å². The largest absolute Gasteiger partial charge is 0.397 e. The standard InChI is InChI=1S/C10H13BO2/c11-10(13,8-12)7-6-9-4-2-1-3-5-9/h1-5,12-13H,6-8H2. The Hall–Kier alpha value is -0.795. The average Bonchev–Trinajstić information content (AvgIpc) is 2.17. The fourth-order valence-electron chi connectivity index (χ4n) is 1.08. The van der Waals surface area contributed by atoms with Gasteiger partial charge in [0.1, 0.15) is 7.85 Å². The lowest BCUT2D eigenvalue weighted by Gasteiger charge is -2.20. The Morgan fingerprint density at radius 1 is 1.23 bits per heavy atom. The first-order valence-corrected chi connectivity index (χ1v) is 4.30. The number of hydrogen-bond donors (Lipinski definition) is 2. The minimum absolute atomic E-state index is 0.369. The van der Waals surface area contributed by atoms with Crippen molar-refractivity contribution in [3.8, 4) is 0 Å². The quantitative estimate of drug-likeness (QED) is 0.654. The molecule has 0 amide bonds. The lowest BCUT2D eigenvalue weighted by Crippen LogP contribution is -2.34. The maximum atomic E-state index is 9.31. The van der Waals surface area contributed by atoms with Crippen molar-refractivity contribution in [2.45, 2.75) is 18.3 Å². The van der Waals surface area contributed by atoms with Crippen LogP contribution in [-0.2, 0) is 6.42 Å². The van der Waals surface area contributed by atoms with E-state index in [1.54, 1.807) is 0 Å². The summed E-state index contributed by atoms with van der Waals surface area (Å²) in [5.74, 6) is 0. The normalized spacial score (nSPS) is 15.2. The van der Waals surface area contributed by atoms with Gasteiger partial charge in [-0.2, -0.15) is 0 Å². The number of aliphatic hydroxyl groups excluding tert-OH is 1. The van der Waals surface area contributed by atoms with Gasteiger partial charge in [-0.3, -0.25) is 0 Å². The van der Waals surface area contributed by atoms with Crippen LogP contribution in [0.1, 0.15) is 12.0 Å². The molecule has 1 atom stereocenters. The molecule has 0 heterocycles. The van der Waals surface area contributed by atoms with Gasteiger partial charge < -0.3 is 10.2 Å². The fraction of sp³-hybridized carbons (Fsp3) is 0.400. The molecule has 0 saturated carbocycles. The minimum atomic E-state index is -1.45. The van der Waals surface area contributed by atoms with E-state index >= 15 is 0 Å². The van der Waals surface area contributed by atoms with E-state index in [1.165, 1.54) is 0 Å². The summed E-state index contributed by atoms with van der Waals surface area (Å²) in [6, 6.07) is 9.73. The second kappa shape index (κ2) is 4.44. The van der Waals surface area contributed by atoms with Crippen molar-refractivity contribution in [1.82, 2.24) is 0 Å². The molecule has 2 radical (unpaired) electrons. The molecule has 68 valence electrons. The molecular weight excluding hydrogens is 163 g/mol. The molecule has 0 aliphatic rings. The monoisotopic (exact) mass is 176 g/mol. The van der Waals surface area contributed by atoms with E-state index in [-0.39, 0.29) is 0 Å². The fourth-order valence-corrected chi connectivity index (χ4v) is 1.08. The van der Waals surface area contributed by atoms with Crippen LogP contribution in [0.2, 0.25) is 0 Å². The first-order valence-electron chi connectivity index (χ1n) is 4.30. The Bertz CT molecular complexity index is 246. The first-order chi connectivity index (χ1) is 6.14. The lowest BCUT2D eigenvalue weighted by atomic mass is 9.78. The molecule has 1 unspecified atom stereocenters. The Kier molecular flexibility index (Phi) is 3.52. The van der Waals surface area contributed by atoms with E-state index in [4.69, 9.17) is 13.0 Å².